The van der Waals surface area contributed by atoms with E-state index in [1.807, 2.05) is 12.3 Å². The van der Waals surface area contributed by atoms with E-state index in [2.05, 4.69) is 34.1 Å². The van der Waals surface area contributed by atoms with E-state index in [4.69, 9.17) is 14.7 Å². The van der Waals surface area contributed by atoms with Gasteiger partial charge in [0.2, 0.25) is 0 Å². The average Bonchev–Trinajstić information content (AvgIpc) is 3.19. The van der Waals surface area contributed by atoms with Gasteiger partial charge in [0.15, 0.2) is 5.82 Å². The molecule has 8 nitrogen and oxygen atoms in total. The minimum absolute atomic E-state index is 0. The number of fused-ring (bicyclic) bond motifs is 1. The van der Waals surface area contributed by atoms with Crippen LogP contribution in [0.5, 0.6) is 0 Å². The summed E-state index contributed by atoms with van der Waals surface area (Å²) < 4.78 is 6.50. The molecule has 1 N–H and O–H groups in total. The van der Waals surface area contributed by atoms with Crippen LogP contribution >= 0.6 is 24.8 Å². The van der Waals surface area contributed by atoms with Crippen molar-refractivity contribution in [3.8, 4) is 5.82 Å². The fourth-order valence-corrected chi connectivity index (χ4v) is 5.69. The van der Waals surface area contributed by atoms with Crippen molar-refractivity contribution in [2.75, 3.05) is 20.2 Å². The molecule has 1 saturated carbocycles. The first kappa shape index (κ1) is 29.9. The SMILES string of the molecule is COC(=O)CCC1CCC(c2c[nH]c(=O)n2-c2cnc3c(n2)CCN(Cc2ccccc2)CC3)CC1.Cl.Cl. The number of aromatic nitrogens is 4. The Bertz CT molecular complexity index is 1240. The number of halogens is 2. The number of esters is 1. The van der Waals surface area contributed by atoms with Gasteiger partial charge in [-0.25, -0.2) is 14.3 Å². The number of ether oxygens (including phenoxy) is 1. The first-order chi connectivity index (χ1) is 17.6. The van der Waals surface area contributed by atoms with Crippen LogP contribution in [0.2, 0.25) is 0 Å². The highest BCUT2D eigenvalue weighted by Gasteiger charge is 2.27. The van der Waals surface area contributed by atoms with Gasteiger partial charge in [-0.1, -0.05) is 30.3 Å². The van der Waals surface area contributed by atoms with E-state index >= 15 is 0 Å². The Morgan fingerprint density at radius 1 is 1.05 bits per heavy atom. The quantitative estimate of drug-likeness (QED) is 0.423. The van der Waals surface area contributed by atoms with Crippen LogP contribution in [0.25, 0.3) is 5.82 Å². The highest BCUT2D eigenvalue weighted by molar-refractivity contribution is 5.85. The number of carbonyl (C=O) groups is 1. The zero-order valence-corrected chi connectivity index (χ0v) is 23.4. The number of imidazole rings is 1. The molecule has 0 saturated heterocycles. The summed E-state index contributed by atoms with van der Waals surface area (Å²) in [6.45, 7) is 2.79. The molecule has 2 aliphatic rings. The Labute approximate surface area is 236 Å². The molecule has 0 spiro atoms. The van der Waals surface area contributed by atoms with E-state index in [-0.39, 0.29) is 36.5 Å². The second-order valence-corrected chi connectivity index (χ2v) is 10.1. The Morgan fingerprint density at radius 3 is 2.47 bits per heavy atom. The van der Waals surface area contributed by atoms with Crippen molar-refractivity contribution in [3.63, 3.8) is 0 Å². The van der Waals surface area contributed by atoms with Crippen LogP contribution in [0.3, 0.4) is 0 Å². The van der Waals surface area contributed by atoms with Crippen LogP contribution in [0.1, 0.15) is 67.1 Å². The second kappa shape index (κ2) is 13.9. The average molecular weight is 563 g/mol. The lowest BCUT2D eigenvalue weighted by Gasteiger charge is -2.28. The van der Waals surface area contributed by atoms with Gasteiger partial charge >= 0.3 is 11.7 Å². The van der Waals surface area contributed by atoms with Crippen molar-refractivity contribution < 1.29 is 9.53 Å². The molecule has 0 atom stereocenters. The summed E-state index contributed by atoms with van der Waals surface area (Å²) in [6.07, 6.45) is 10.7. The number of nitrogens with zero attached hydrogens (tertiary/aromatic N) is 4. The number of carbonyl (C=O) groups excluding carboxylic acids is 1. The molecular formula is C28H37Cl2N5O3. The van der Waals surface area contributed by atoms with E-state index in [1.165, 1.54) is 12.7 Å². The lowest BCUT2D eigenvalue weighted by molar-refractivity contribution is -0.141. The van der Waals surface area contributed by atoms with Crippen molar-refractivity contribution in [3.05, 3.63) is 75.9 Å². The molecular weight excluding hydrogens is 525 g/mol. The maximum Gasteiger partial charge on any atom is 0.331 e. The van der Waals surface area contributed by atoms with Crippen LogP contribution in [-0.2, 0) is 28.9 Å². The van der Waals surface area contributed by atoms with Gasteiger partial charge in [-0.05, 0) is 43.6 Å². The first-order valence-electron chi connectivity index (χ1n) is 13.1. The molecule has 5 rings (SSSR count). The zero-order chi connectivity index (χ0) is 24.9. The highest BCUT2D eigenvalue weighted by Crippen LogP contribution is 2.37. The molecule has 0 amide bonds. The fourth-order valence-electron chi connectivity index (χ4n) is 5.69. The fraction of sp³-hybridized carbons (Fsp3) is 0.500. The third-order valence-electron chi connectivity index (χ3n) is 7.78. The normalized spacial score (nSPS) is 19.4. The Balaban J connectivity index is 0.00000200. The molecule has 0 radical (unpaired) electrons. The summed E-state index contributed by atoms with van der Waals surface area (Å²) in [5, 5.41) is 0. The molecule has 38 heavy (non-hydrogen) atoms. The van der Waals surface area contributed by atoms with Crippen molar-refractivity contribution in [1.29, 1.82) is 0 Å². The Kier molecular flexibility index (Phi) is 10.9. The minimum atomic E-state index is -0.161. The molecule has 2 aromatic heterocycles. The van der Waals surface area contributed by atoms with Crippen LogP contribution in [0.15, 0.2) is 47.5 Å². The van der Waals surface area contributed by atoms with Gasteiger partial charge in [-0.15, -0.1) is 24.8 Å². The van der Waals surface area contributed by atoms with Gasteiger partial charge in [-0.2, -0.15) is 0 Å². The predicted molar refractivity (Wildman–Crippen MR) is 152 cm³/mol. The molecule has 0 bridgehead atoms. The lowest BCUT2D eigenvalue weighted by Crippen LogP contribution is -2.25. The maximum absolute atomic E-state index is 12.8. The van der Waals surface area contributed by atoms with Gasteiger partial charge in [0, 0.05) is 56.7 Å². The third kappa shape index (κ3) is 7.04. The molecule has 206 valence electrons. The monoisotopic (exact) mass is 561 g/mol. The van der Waals surface area contributed by atoms with Crippen molar-refractivity contribution >= 4 is 30.8 Å². The van der Waals surface area contributed by atoms with Crippen molar-refractivity contribution in [2.24, 2.45) is 5.92 Å². The molecule has 3 heterocycles. The van der Waals surface area contributed by atoms with Gasteiger partial charge in [0.25, 0.3) is 0 Å². The van der Waals surface area contributed by atoms with Gasteiger partial charge < -0.3 is 9.72 Å². The number of nitrogens with one attached hydrogen (secondary N) is 1. The molecule has 1 aromatic carbocycles. The first-order valence-corrected chi connectivity index (χ1v) is 13.1. The summed E-state index contributed by atoms with van der Waals surface area (Å²) in [6, 6.07) is 10.5. The van der Waals surface area contributed by atoms with Crippen LogP contribution in [0, 0.1) is 5.92 Å². The topological polar surface area (TPSA) is 93.1 Å². The zero-order valence-electron chi connectivity index (χ0n) is 21.8. The number of aromatic amines is 1. The van der Waals surface area contributed by atoms with Gasteiger partial charge in [-0.3, -0.25) is 14.7 Å². The van der Waals surface area contributed by atoms with E-state index in [9.17, 15) is 9.59 Å². The van der Waals surface area contributed by atoms with Crippen LogP contribution in [-0.4, -0.2) is 50.6 Å². The van der Waals surface area contributed by atoms with Crippen molar-refractivity contribution in [2.45, 2.75) is 63.8 Å². The third-order valence-corrected chi connectivity index (χ3v) is 7.78. The summed E-state index contributed by atoms with van der Waals surface area (Å²) >= 11 is 0. The molecule has 1 aliphatic carbocycles. The van der Waals surface area contributed by atoms with Gasteiger partial charge in [0.1, 0.15) is 0 Å². The molecule has 0 unspecified atom stereocenters. The lowest BCUT2D eigenvalue weighted by atomic mass is 9.79. The number of methoxy groups -OCH3 is 1. The van der Waals surface area contributed by atoms with Gasteiger partial charge in [0.05, 0.1) is 24.7 Å². The number of hydrogen-bond acceptors (Lipinski definition) is 6. The predicted octanol–water partition coefficient (Wildman–Crippen LogP) is 4.63. The maximum atomic E-state index is 12.8. The largest absolute Gasteiger partial charge is 0.469 e. The van der Waals surface area contributed by atoms with E-state index in [0.29, 0.717) is 24.1 Å². The van der Waals surface area contributed by atoms with Crippen molar-refractivity contribution in [1.82, 2.24) is 24.4 Å². The van der Waals surface area contributed by atoms with E-state index in [0.717, 1.165) is 81.7 Å². The summed E-state index contributed by atoms with van der Waals surface area (Å²) in [5.41, 5.74) is 4.17. The second-order valence-electron chi connectivity index (χ2n) is 10.1. The molecule has 3 aromatic rings. The Morgan fingerprint density at radius 2 is 1.76 bits per heavy atom. The Hall–Kier alpha value is -2.68. The van der Waals surface area contributed by atoms with E-state index < -0.39 is 0 Å². The smallest absolute Gasteiger partial charge is 0.331 e. The van der Waals surface area contributed by atoms with E-state index in [1.54, 1.807) is 10.8 Å². The summed E-state index contributed by atoms with van der Waals surface area (Å²) in [5.74, 6) is 1.30. The molecule has 1 aliphatic heterocycles. The number of benzene rings is 1. The number of H-pyrrole nitrogens is 1. The van der Waals surface area contributed by atoms with Crippen LogP contribution in [0.4, 0.5) is 0 Å². The molecule has 10 heteroatoms. The summed E-state index contributed by atoms with van der Waals surface area (Å²) in [4.78, 5) is 39.4. The standard InChI is InChI=1S/C28H35N5O3.2ClH/c1-36-27(34)12-9-20-7-10-22(11-8-20)25-17-30-28(35)33(25)26-18-29-23-13-15-32(16-14-24(23)31-26)19-21-5-3-2-4-6-21;;/h2-6,17-18,20,22H,7-16,19H2,1H3,(H,30,35);2*1H. The molecule has 1 fully saturated rings. The highest BCUT2D eigenvalue weighted by atomic mass is 35.5. The number of hydrogen-bond donors (Lipinski definition) is 1. The minimum Gasteiger partial charge on any atom is -0.469 e. The van der Waals surface area contributed by atoms with Crippen LogP contribution < -0.4 is 5.69 Å². The summed E-state index contributed by atoms with van der Waals surface area (Å²) in [7, 11) is 1.44. The number of rotatable bonds is 7.